The van der Waals surface area contributed by atoms with E-state index in [9.17, 15) is 9.59 Å². The lowest BCUT2D eigenvalue weighted by atomic mass is 10.1. The lowest BCUT2D eigenvalue weighted by Crippen LogP contribution is -2.51. The fourth-order valence-corrected chi connectivity index (χ4v) is 2.06. The molecule has 8 nitrogen and oxygen atoms in total. The van der Waals surface area contributed by atoms with Crippen LogP contribution in [0.15, 0.2) is 54.6 Å². The highest BCUT2D eigenvalue weighted by molar-refractivity contribution is 5.90. The maximum atomic E-state index is 12.3. The first kappa shape index (κ1) is 19.8. The van der Waals surface area contributed by atoms with E-state index in [4.69, 9.17) is 20.6 Å². The molecule has 2 aromatic rings. The maximum absolute atomic E-state index is 12.3. The van der Waals surface area contributed by atoms with Gasteiger partial charge in [0.25, 0.3) is 0 Å². The monoisotopic (exact) mass is 370 g/mol. The number of guanidine groups is 1. The Morgan fingerprint density at radius 3 is 2.30 bits per heavy atom. The van der Waals surface area contributed by atoms with E-state index < -0.39 is 17.6 Å². The van der Waals surface area contributed by atoms with Crippen molar-refractivity contribution in [1.29, 1.82) is 5.41 Å². The second-order valence-corrected chi connectivity index (χ2v) is 6.26. The average molecular weight is 370 g/mol. The number of benzene rings is 2. The number of alkyl carbamates (subject to hydrolysis) is 1. The number of hydrogen-bond donors (Lipinski definition) is 4. The number of amides is 1. The molecule has 0 saturated heterocycles. The Kier molecular flexibility index (Phi) is 6.37. The van der Waals surface area contributed by atoms with E-state index in [0.29, 0.717) is 11.4 Å². The highest BCUT2D eigenvalue weighted by Gasteiger charge is 2.32. The van der Waals surface area contributed by atoms with E-state index in [1.54, 1.807) is 24.3 Å². The van der Waals surface area contributed by atoms with Crippen LogP contribution in [0.5, 0.6) is 5.75 Å². The summed E-state index contributed by atoms with van der Waals surface area (Å²) in [5.41, 5.74) is 5.38. The second-order valence-electron chi connectivity index (χ2n) is 6.26. The molecule has 8 heteroatoms. The number of hydrogen-bond acceptors (Lipinski definition) is 5. The van der Waals surface area contributed by atoms with Crippen LogP contribution in [0, 0.1) is 5.41 Å². The van der Waals surface area contributed by atoms with Crippen molar-refractivity contribution in [2.75, 3.05) is 5.32 Å². The molecule has 2 rings (SSSR count). The highest BCUT2D eigenvalue weighted by atomic mass is 16.6. The molecule has 0 spiro atoms. The molecule has 0 fully saturated rings. The van der Waals surface area contributed by atoms with Crippen molar-refractivity contribution in [1.82, 2.24) is 5.32 Å². The second kappa shape index (κ2) is 8.70. The zero-order valence-corrected chi connectivity index (χ0v) is 15.1. The molecular formula is C19H22N4O4. The number of rotatable bonds is 6. The molecule has 0 saturated carbocycles. The average Bonchev–Trinajstić information content (AvgIpc) is 2.61. The smallest absolute Gasteiger partial charge is 0.408 e. The fraction of sp³-hybridized carbons (Fsp3) is 0.211. The van der Waals surface area contributed by atoms with Crippen molar-refractivity contribution >= 4 is 23.7 Å². The first-order chi connectivity index (χ1) is 12.8. The van der Waals surface area contributed by atoms with Crippen LogP contribution in [-0.2, 0) is 16.1 Å². The number of nitrogens with two attached hydrogens (primary N) is 1. The summed E-state index contributed by atoms with van der Waals surface area (Å²) in [5.74, 6) is -0.549. The van der Waals surface area contributed by atoms with Crippen LogP contribution in [0.2, 0.25) is 0 Å². The largest absolute Gasteiger partial charge is 0.445 e. The number of nitrogens with one attached hydrogen (secondary N) is 3. The standard InChI is InChI=1S/C19H22N4O4/c1-19(2,23-18(25)26-12-13-6-4-3-5-7-13)16(24)27-15-10-8-14(9-11-15)22-17(20)21/h3-11H,12H2,1-2H3,(H,23,25)(H4,20,21,22). The van der Waals surface area contributed by atoms with Crippen molar-refractivity contribution in [3.8, 4) is 5.75 Å². The Morgan fingerprint density at radius 1 is 1.07 bits per heavy atom. The van der Waals surface area contributed by atoms with E-state index in [1.165, 1.54) is 13.8 Å². The molecule has 0 radical (unpaired) electrons. The Balaban J connectivity index is 1.88. The third-order valence-corrected chi connectivity index (χ3v) is 3.48. The SMILES string of the molecule is CC(C)(NC(=O)OCc1ccccc1)C(=O)Oc1ccc(NC(=N)N)cc1. The molecule has 0 bridgehead atoms. The zero-order valence-electron chi connectivity index (χ0n) is 15.1. The Labute approximate surface area is 157 Å². The van der Waals surface area contributed by atoms with Gasteiger partial charge in [-0.3, -0.25) is 5.41 Å². The quantitative estimate of drug-likeness (QED) is 0.268. The molecule has 0 unspecified atom stereocenters. The van der Waals surface area contributed by atoms with Gasteiger partial charge in [0, 0.05) is 5.69 Å². The third-order valence-electron chi connectivity index (χ3n) is 3.48. The summed E-state index contributed by atoms with van der Waals surface area (Å²) >= 11 is 0. The molecule has 2 aromatic carbocycles. The first-order valence-corrected chi connectivity index (χ1v) is 8.18. The Morgan fingerprint density at radius 2 is 1.70 bits per heavy atom. The minimum atomic E-state index is -1.29. The van der Waals surface area contributed by atoms with E-state index in [1.807, 2.05) is 30.3 Å². The van der Waals surface area contributed by atoms with Crippen LogP contribution >= 0.6 is 0 Å². The van der Waals surface area contributed by atoms with E-state index >= 15 is 0 Å². The van der Waals surface area contributed by atoms with Gasteiger partial charge < -0.3 is 25.8 Å². The predicted molar refractivity (Wildman–Crippen MR) is 101 cm³/mol. The number of esters is 1. The van der Waals surface area contributed by atoms with E-state index in [0.717, 1.165) is 5.56 Å². The summed E-state index contributed by atoms with van der Waals surface area (Å²) in [6, 6.07) is 15.5. The topological polar surface area (TPSA) is 127 Å². The van der Waals surface area contributed by atoms with Gasteiger partial charge in [-0.2, -0.15) is 0 Å². The normalized spacial score (nSPS) is 10.6. The van der Waals surface area contributed by atoms with Gasteiger partial charge in [0.05, 0.1) is 0 Å². The molecule has 5 N–H and O–H groups in total. The number of carbonyl (C=O) groups excluding carboxylic acids is 2. The van der Waals surface area contributed by atoms with Gasteiger partial charge in [0.2, 0.25) is 0 Å². The summed E-state index contributed by atoms with van der Waals surface area (Å²) < 4.78 is 10.4. The van der Waals surface area contributed by atoms with Crippen LogP contribution < -0.4 is 21.1 Å². The van der Waals surface area contributed by atoms with Crippen molar-refractivity contribution in [3.05, 3.63) is 60.2 Å². The molecule has 0 aliphatic carbocycles. The molecule has 1 amide bonds. The molecule has 0 heterocycles. The van der Waals surface area contributed by atoms with Gasteiger partial charge in [-0.15, -0.1) is 0 Å². The summed E-state index contributed by atoms with van der Waals surface area (Å²) in [6.07, 6.45) is -0.721. The lowest BCUT2D eigenvalue weighted by Gasteiger charge is -2.23. The van der Waals surface area contributed by atoms with Crippen LogP contribution in [0.4, 0.5) is 10.5 Å². The minimum absolute atomic E-state index is 0.0996. The maximum Gasteiger partial charge on any atom is 0.408 e. The molecule has 0 aromatic heterocycles. The third kappa shape index (κ3) is 6.35. The Bertz CT molecular complexity index is 804. The van der Waals surface area contributed by atoms with Crippen LogP contribution in [-0.4, -0.2) is 23.6 Å². The molecule has 0 atom stereocenters. The zero-order chi connectivity index (χ0) is 19.9. The summed E-state index contributed by atoms with van der Waals surface area (Å²) in [7, 11) is 0. The molecule has 142 valence electrons. The number of carbonyl (C=O) groups is 2. The van der Waals surface area contributed by atoms with E-state index in [2.05, 4.69) is 10.6 Å². The van der Waals surface area contributed by atoms with Crippen molar-refractivity contribution < 1.29 is 19.1 Å². The van der Waals surface area contributed by atoms with Crippen molar-refractivity contribution in [2.24, 2.45) is 5.73 Å². The van der Waals surface area contributed by atoms with Gasteiger partial charge >= 0.3 is 12.1 Å². The summed E-state index contributed by atoms with van der Waals surface area (Å²) in [6.45, 7) is 3.14. The highest BCUT2D eigenvalue weighted by Crippen LogP contribution is 2.18. The van der Waals surface area contributed by atoms with Gasteiger partial charge in [-0.05, 0) is 43.7 Å². The van der Waals surface area contributed by atoms with Gasteiger partial charge in [0.15, 0.2) is 5.96 Å². The molecule has 0 aliphatic heterocycles. The summed E-state index contributed by atoms with van der Waals surface area (Å²) in [4.78, 5) is 24.3. The predicted octanol–water partition coefficient (Wildman–Crippen LogP) is 2.60. The van der Waals surface area contributed by atoms with Crippen LogP contribution in [0.3, 0.4) is 0 Å². The molecular weight excluding hydrogens is 348 g/mol. The lowest BCUT2D eigenvalue weighted by molar-refractivity contribution is -0.140. The Hall–Kier alpha value is -3.55. The first-order valence-electron chi connectivity index (χ1n) is 8.18. The van der Waals surface area contributed by atoms with Gasteiger partial charge in [0.1, 0.15) is 17.9 Å². The van der Waals surface area contributed by atoms with Gasteiger partial charge in [-0.1, -0.05) is 30.3 Å². The summed E-state index contributed by atoms with van der Waals surface area (Å²) in [5, 5.41) is 12.3. The van der Waals surface area contributed by atoms with Crippen LogP contribution in [0.25, 0.3) is 0 Å². The molecule has 27 heavy (non-hydrogen) atoms. The van der Waals surface area contributed by atoms with Crippen LogP contribution in [0.1, 0.15) is 19.4 Å². The fourth-order valence-electron chi connectivity index (χ4n) is 2.06. The molecule has 0 aliphatic rings. The van der Waals surface area contributed by atoms with E-state index in [-0.39, 0.29) is 12.6 Å². The minimum Gasteiger partial charge on any atom is -0.445 e. The number of anilines is 1. The van der Waals surface area contributed by atoms with Crippen molar-refractivity contribution in [3.63, 3.8) is 0 Å². The number of ether oxygens (including phenoxy) is 2. The van der Waals surface area contributed by atoms with Gasteiger partial charge in [-0.25, -0.2) is 9.59 Å². The van der Waals surface area contributed by atoms with Crippen molar-refractivity contribution in [2.45, 2.75) is 26.0 Å².